The van der Waals surface area contributed by atoms with Crippen LogP contribution < -0.4 is 0 Å². The van der Waals surface area contributed by atoms with Gasteiger partial charge in [-0.1, -0.05) is 30.3 Å². The molecule has 1 aromatic rings. The molecule has 0 radical (unpaired) electrons. The number of sulfone groups is 1. The van der Waals surface area contributed by atoms with Crippen molar-refractivity contribution in [3.8, 4) is 0 Å². The molecule has 0 aromatic heterocycles. The molecule has 1 aromatic carbocycles. The topological polar surface area (TPSA) is 63.7 Å². The first-order valence-corrected chi connectivity index (χ1v) is 9.81. The fourth-order valence-corrected chi connectivity index (χ4v) is 5.28. The van der Waals surface area contributed by atoms with E-state index in [-0.39, 0.29) is 18.1 Å². The number of amides is 1. The molecule has 0 N–H and O–H groups in total. The number of morpholine rings is 1. The molecule has 2 unspecified atom stereocenters. The highest BCUT2D eigenvalue weighted by molar-refractivity contribution is 7.92. The second-order valence-electron chi connectivity index (χ2n) is 6.60. The lowest BCUT2D eigenvalue weighted by Crippen LogP contribution is -2.51. The Hall–Kier alpha value is -1.40. The van der Waals surface area contributed by atoms with Crippen LogP contribution >= 0.6 is 0 Å². The molecule has 126 valence electrons. The van der Waals surface area contributed by atoms with E-state index >= 15 is 0 Å². The fraction of sp³-hybridized carbons (Fsp3) is 0.588. The molecule has 0 bridgehead atoms. The molecule has 0 saturated carbocycles. The summed E-state index contributed by atoms with van der Waals surface area (Å²) in [4.78, 5) is 14.3. The molecule has 0 spiro atoms. The van der Waals surface area contributed by atoms with Crippen molar-refractivity contribution in [3.63, 3.8) is 0 Å². The van der Waals surface area contributed by atoms with Crippen molar-refractivity contribution >= 4 is 15.7 Å². The van der Waals surface area contributed by atoms with E-state index in [2.05, 4.69) is 0 Å². The highest BCUT2D eigenvalue weighted by Crippen LogP contribution is 2.30. The molecule has 2 saturated heterocycles. The summed E-state index contributed by atoms with van der Waals surface area (Å²) in [5.41, 5.74) is 0.495. The van der Waals surface area contributed by atoms with Gasteiger partial charge in [0.05, 0.1) is 24.2 Å². The van der Waals surface area contributed by atoms with Crippen molar-refractivity contribution < 1.29 is 17.9 Å². The second-order valence-corrected chi connectivity index (χ2v) is 9.00. The molecule has 1 amide bonds. The summed E-state index contributed by atoms with van der Waals surface area (Å²) in [5, 5.41) is -0.499. The average Bonchev–Trinajstić information content (AvgIpc) is 2.87. The Morgan fingerprint density at radius 2 is 2.09 bits per heavy atom. The number of carbonyl (C=O) groups excluding carboxylic acids is 1. The fourth-order valence-electron chi connectivity index (χ4n) is 3.46. The van der Waals surface area contributed by atoms with Gasteiger partial charge in [0.15, 0.2) is 9.84 Å². The quantitative estimate of drug-likeness (QED) is 0.843. The van der Waals surface area contributed by atoms with Crippen molar-refractivity contribution in [1.82, 2.24) is 4.90 Å². The number of hydrogen-bond acceptors (Lipinski definition) is 4. The summed E-state index contributed by atoms with van der Waals surface area (Å²) >= 11 is 0. The molecular formula is C17H23NO4S. The Morgan fingerprint density at radius 1 is 1.35 bits per heavy atom. The number of ether oxygens (including phenoxy) is 1. The first kappa shape index (κ1) is 16.5. The second kappa shape index (κ2) is 6.24. The lowest BCUT2D eigenvalue weighted by Gasteiger charge is -2.41. The Balaban J connectivity index is 1.70. The number of nitrogens with zero attached hydrogens (tertiary/aromatic N) is 1. The van der Waals surface area contributed by atoms with Crippen molar-refractivity contribution in [1.29, 1.82) is 0 Å². The van der Waals surface area contributed by atoms with Crippen LogP contribution in [0, 0.1) is 0 Å². The zero-order chi connectivity index (χ0) is 16.5. The van der Waals surface area contributed by atoms with Crippen molar-refractivity contribution in [2.45, 2.75) is 37.0 Å². The Labute approximate surface area is 137 Å². The smallest absolute Gasteiger partial charge is 0.224 e. The van der Waals surface area contributed by atoms with Crippen molar-refractivity contribution in [2.75, 3.05) is 25.4 Å². The lowest BCUT2D eigenvalue weighted by molar-refractivity contribution is -0.149. The largest absolute Gasteiger partial charge is 0.367 e. The van der Waals surface area contributed by atoms with Gasteiger partial charge >= 0.3 is 0 Å². The van der Waals surface area contributed by atoms with Crippen LogP contribution in [0.1, 0.15) is 31.7 Å². The standard InChI is InChI=1S/C17H23NO4S/c1-17(14-6-3-2-4-7-14)13-18(9-10-22-17)16(19)12-15-8-5-11-23(15,20)21/h2-4,6-7,15H,5,8-13H2,1H3. The molecule has 2 heterocycles. The van der Waals surface area contributed by atoms with E-state index in [4.69, 9.17) is 4.74 Å². The molecule has 2 fully saturated rings. The number of benzene rings is 1. The van der Waals surface area contributed by atoms with Crippen LogP contribution in [-0.4, -0.2) is 49.9 Å². The van der Waals surface area contributed by atoms with Gasteiger partial charge in [0.25, 0.3) is 0 Å². The SMILES string of the molecule is CC1(c2ccccc2)CN(C(=O)CC2CCCS2(=O)=O)CCO1. The third-order valence-electron chi connectivity index (χ3n) is 4.88. The number of rotatable bonds is 3. The average molecular weight is 337 g/mol. The molecule has 2 aliphatic heterocycles. The van der Waals surface area contributed by atoms with E-state index in [0.29, 0.717) is 32.5 Å². The van der Waals surface area contributed by atoms with E-state index < -0.39 is 20.7 Å². The minimum Gasteiger partial charge on any atom is -0.367 e. The van der Waals surface area contributed by atoms with Gasteiger partial charge in [-0.25, -0.2) is 8.42 Å². The summed E-state index contributed by atoms with van der Waals surface area (Å²) in [7, 11) is -3.08. The molecule has 0 aliphatic carbocycles. The molecule has 2 aliphatic rings. The Bertz CT molecular complexity index is 673. The van der Waals surface area contributed by atoms with Gasteiger partial charge in [0.1, 0.15) is 5.60 Å². The van der Waals surface area contributed by atoms with Gasteiger partial charge in [-0.3, -0.25) is 4.79 Å². The van der Waals surface area contributed by atoms with E-state index in [1.807, 2.05) is 37.3 Å². The van der Waals surface area contributed by atoms with Gasteiger partial charge < -0.3 is 9.64 Å². The summed E-state index contributed by atoms with van der Waals surface area (Å²) in [5.74, 6) is 0.140. The van der Waals surface area contributed by atoms with Gasteiger partial charge in [-0.2, -0.15) is 0 Å². The molecular weight excluding hydrogens is 314 g/mol. The first-order chi connectivity index (χ1) is 10.9. The minimum atomic E-state index is -3.08. The van der Waals surface area contributed by atoms with Crippen LogP contribution in [-0.2, 0) is 25.0 Å². The monoisotopic (exact) mass is 337 g/mol. The minimum absolute atomic E-state index is 0.0778. The van der Waals surface area contributed by atoms with Crippen LogP contribution in [0.25, 0.3) is 0 Å². The number of hydrogen-bond donors (Lipinski definition) is 0. The molecule has 6 heteroatoms. The third kappa shape index (κ3) is 3.43. The van der Waals surface area contributed by atoms with Gasteiger partial charge in [0, 0.05) is 13.0 Å². The molecule has 5 nitrogen and oxygen atoms in total. The summed E-state index contributed by atoms with van der Waals surface area (Å²) in [6, 6.07) is 9.85. The van der Waals surface area contributed by atoms with E-state index in [0.717, 1.165) is 5.56 Å². The van der Waals surface area contributed by atoms with E-state index in [1.54, 1.807) is 4.90 Å². The highest BCUT2D eigenvalue weighted by atomic mass is 32.2. The Morgan fingerprint density at radius 3 is 2.74 bits per heavy atom. The summed E-state index contributed by atoms with van der Waals surface area (Å²) < 4.78 is 29.8. The predicted octanol–water partition coefficient (Wildman–Crippen LogP) is 1.73. The Kier molecular flexibility index (Phi) is 4.47. The van der Waals surface area contributed by atoms with Crippen LogP contribution in [0.15, 0.2) is 30.3 Å². The summed E-state index contributed by atoms with van der Waals surface area (Å²) in [6.45, 7) is 3.43. The predicted molar refractivity (Wildman–Crippen MR) is 87.8 cm³/mol. The molecule has 3 rings (SSSR count). The van der Waals surface area contributed by atoms with Crippen LogP contribution in [0.5, 0.6) is 0 Å². The van der Waals surface area contributed by atoms with Crippen LogP contribution in [0.2, 0.25) is 0 Å². The van der Waals surface area contributed by atoms with E-state index in [9.17, 15) is 13.2 Å². The van der Waals surface area contributed by atoms with Crippen molar-refractivity contribution in [3.05, 3.63) is 35.9 Å². The third-order valence-corrected chi connectivity index (χ3v) is 7.15. The lowest BCUT2D eigenvalue weighted by atomic mass is 9.93. The maximum absolute atomic E-state index is 12.6. The molecule has 2 atom stereocenters. The van der Waals surface area contributed by atoms with Gasteiger partial charge in [0.2, 0.25) is 5.91 Å². The van der Waals surface area contributed by atoms with Gasteiger partial charge in [-0.05, 0) is 25.3 Å². The maximum Gasteiger partial charge on any atom is 0.224 e. The highest BCUT2D eigenvalue weighted by Gasteiger charge is 2.38. The zero-order valence-corrected chi connectivity index (χ0v) is 14.2. The van der Waals surface area contributed by atoms with E-state index in [1.165, 1.54) is 0 Å². The van der Waals surface area contributed by atoms with Crippen molar-refractivity contribution in [2.24, 2.45) is 0 Å². The number of carbonyl (C=O) groups is 1. The zero-order valence-electron chi connectivity index (χ0n) is 13.4. The van der Waals surface area contributed by atoms with Gasteiger partial charge in [-0.15, -0.1) is 0 Å². The van der Waals surface area contributed by atoms with Crippen LogP contribution in [0.4, 0.5) is 0 Å². The maximum atomic E-state index is 12.6. The molecule has 23 heavy (non-hydrogen) atoms. The first-order valence-electron chi connectivity index (χ1n) is 8.09. The summed E-state index contributed by atoms with van der Waals surface area (Å²) in [6.07, 6.45) is 1.38. The van der Waals surface area contributed by atoms with Crippen LogP contribution in [0.3, 0.4) is 0 Å². The normalized spacial score (nSPS) is 30.3.